The van der Waals surface area contributed by atoms with Crippen molar-refractivity contribution in [2.75, 3.05) is 31.3 Å². The summed E-state index contributed by atoms with van der Waals surface area (Å²) in [6, 6.07) is 2.36. The zero-order valence-corrected chi connectivity index (χ0v) is 20.0. The predicted molar refractivity (Wildman–Crippen MR) is 116 cm³/mol. The number of carbonyl (C=O) groups is 4. The van der Waals surface area contributed by atoms with Crippen LogP contribution in [0.3, 0.4) is 0 Å². The zero-order valence-electron chi connectivity index (χ0n) is 20.0. The summed E-state index contributed by atoms with van der Waals surface area (Å²) in [4.78, 5) is 52.1. The van der Waals surface area contributed by atoms with E-state index in [9.17, 15) is 36.7 Å². The number of carbonyl (C=O) groups excluding carboxylic acids is 4. The molecule has 1 aliphatic heterocycles. The molecule has 1 saturated heterocycles. The van der Waals surface area contributed by atoms with Gasteiger partial charge in [0.25, 0.3) is 5.91 Å². The first-order chi connectivity index (χ1) is 16.7. The highest BCUT2D eigenvalue weighted by atomic mass is 19.4. The Bertz CT molecular complexity index is 1060. The second-order valence-corrected chi connectivity index (χ2v) is 8.66. The Balaban J connectivity index is 2.64. The number of esters is 2. The summed E-state index contributed by atoms with van der Waals surface area (Å²) in [7, 11) is 0. The molecule has 13 heteroatoms. The highest BCUT2D eigenvalue weighted by molar-refractivity contribution is 6.23. The molecule has 3 amide bonds. The molecule has 0 bridgehead atoms. The van der Waals surface area contributed by atoms with E-state index in [0.29, 0.717) is 15.9 Å². The van der Waals surface area contributed by atoms with E-state index < -0.39 is 90.7 Å². The average Bonchev–Trinajstić information content (AvgIpc) is 3.01. The number of imide groups is 1. The van der Waals surface area contributed by atoms with Gasteiger partial charge < -0.3 is 14.4 Å². The van der Waals surface area contributed by atoms with Crippen molar-refractivity contribution in [3.05, 3.63) is 29.3 Å². The second kappa shape index (κ2) is 10.9. The number of hydrogen-bond donors (Lipinski definition) is 0. The summed E-state index contributed by atoms with van der Waals surface area (Å²) >= 11 is 0. The van der Waals surface area contributed by atoms with Crippen molar-refractivity contribution in [3.63, 3.8) is 0 Å². The van der Waals surface area contributed by atoms with Crippen LogP contribution >= 0.6 is 0 Å². The molecular weight excluding hydrogens is 490 g/mol. The van der Waals surface area contributed by atoms with E-state index in [1.807, 2.05) is 0 Å². The molecule has 36 heavy (non-hydrogen) atoms. The number of anilines is 1. The van der Waals surface area contributed by atoms with E-state index in [4.69, 9.17) is 14.7 Å². The third-order valence-corrected chi connectivity index (χ3v) is 5.38. The van der Waals surface area contributed by atoms with E-state index in [-0.39, 0.29) is 0 Å². The number of urea groups is 1. The van der Waals surface area contributed by atoms with Gasteiger partial charge in [-0.15, -0.1) is 0 Å². The molecule has 0 N–H and O–H groups in total. The summed E-state index contributed by atoms with van der Waals surface area (Å²) in [5, 5.41) is 9.03. The Morgan fingerprint density at radius 2 is 1.58 bits per heavy atom. The first kappa shape index (κ1) is 28.5. The van der Waals surface area contributed by atoms with E-state index in [1.54, 1.807) is 0 Å². The van der Waals surface area contributed by atoms with E-state index in [1.165, 1.54) is 33.8 Å². The first-order valence-electron chi connectivity index (χ1n) is 10.9. The van der Waals surface area contributed by atoms with Gasteiger partial charge in [0, 0.05) is 0 Å². The lowest BCUT2D eigenvalue weighted by Crippen LogP contribution is -2.58. The smallest absolute Gasteiger partial charge is 0.417 e. The fourth-order valence-electron chi connectivity index (χ4n) is 3.37. The Kier molecular flexibility index (Phi) is 8.66. The lowest BCUT2D eigenvalue weighted by Gasteiger charge is -2.33. The fourth-order valence-corrected chi connectivity index (χ4v) is 3.37. The van der Waals surface area contributed by atoms with Gasteiger partial charge in [-0.3, -0.25) is 14.4 Å². The van der Waals surface area contributed by atoms with Crippen LogP contribution in [0.15, 0.2) is 18.2 Å². The van der Waals surface area contributed by atoms with Crippen LogP contribution < -0.4 is 4.90 Å². The topological polar surface area (TPSA) is 117 Å². The molecule has 1 aromatic carbocycles. The summed E-state index contributed by atoms with van der Waals surface area (Å²) in [5.41, 5.74) is -4.92. The zero-order chi connectivity index (χ0) is 27.4. The Morgan fingerprint density at radius 3 is 2.00 bits per heavy atom. The van der Waals surface area contributed by atoms with Gasteiger partial charge in [0.15, 0.2) is 5.54 Å². The number of nitriles is 1. The number of nitrogens with zero attached hydrogens (tertiary/aromatic N) is 3. The largest absolute Gasteiger partial charge is 0.462 e. The first-order valence-corrected chi connectivity index (χ1v) is 10.9. The van der Waals surface area contributed by atoms with Crippen LogP contribution in [-0.4, -0.2) is 60.7 Å². The van der Waals surface area contributed by atoms with Gasteiger partial charge in [-0.05, 0) is 18.2 Å². The molecular formula is C23H25F4N3O6. The predicted octanol–water partition coefficient (Wildman–Crippen LogP) is 3.45. The normalized spacial score (nSPS) is 15.5. The van der Waals surface area contributed by atoms with Gasteiger partial charge in [0.1, 0.15) is 19.9 Å². The highest BCUT2D eigenvalue weighted by Gasteiger charge is 2.60. The molecule has 0 aliphatic carbocycles. The van der Waals surface area contributed by atoms with Crippen molar-refractivity contribution >= 4 is 29.6 Å². The maximum absolute atomic E-state index is 13.6. The maximum Gasteiger partial charge on any atom is 0.417 e. The number of halogens is 4. The van der Waals surface area contributed by atoms with Crippen LogP contribution in [-0.2, 0) is 30.0 Å². The Morgan fingerprint density at radius 1 is 1.06 bits per heavy atom. The Hall–Kier alpha value is -3.69. The minimum atomic E-state index is -4.98. The van der Waals surface area contributed by atoms with Crippen LogP contribution in [0.1, 0.15) is 38.8 Å². The van der Waals surface area contributed by atoms with Crippen LogP contribution in [0.4, 0.5) is 28.0 Å². The van der Waals surface area contributed by atoms with Crippen molar-refractivity contribution in [3.8, 4) is 6.07 Å². The van der Waals surface area contributed by atoms with Gasteiger partial charge in [-0.2, -0.15) is 18.4 Å². The van der Waals surface area contributed by atoms with E-state index in [0.717, 1.165) is 12.1 Å². The molecule has 196 valence electrons. The minimum absolute atomic E-state index is 0.360. The molecule has 0 aromatic heterocycles. The van der Waals surface area contributed by atoms with Crippen LogP contribution in [0, 0.1) is 23.2 Å². The standard InChI is InChI=1S/C23H25F4N3O6/c1-13(2)18(31)35-11-22(12-36-19(32)14(3)4)20(33)30(21(34)29(22)8-7-24)16-6-5-15(10-28)17(9-16)23(25,26)27/h5-6,9,13-14H,7-8,11-12H2,1-4H3. The molecule has 0 saturated carbocycles. The number of amides is 3. The molecule has 1 aromatic rings. The van der Waals surface area contributed by atoms with Gasteiger partial charge in [0.2, 0.25) is 0 Å². The number of ether oxygens (including phenoxy) is 2. The average molecular weight is 515 g/mol. The number of hydrogen-bond acceptors (Lipinski definition) is 7. The quantitative estimate of drug-likeness (QED) is 0.281. The molecule has 1 heterocycles. The van der Waals surface area contributed by atoms with Crippen molar-refractivity contribution in [2.24, 2.45) is 11.8 Å². The molecule has 9 nitrogen and oxygen atoms in total. The summed E-state index contributed by atoms with van der Waals surface area (Å²) in [6.45, 7) is 2.45. The molecule has 0 atom stereocenters. The summed E-state index contributed by atoms with van der Waals surface area (Å²) < 4.78 is 64.3. The third kappa shape index (κ3) is 5.58. The van der Waals surface area contributed by atoms with Gasteiger partial charge >= 0.3 is 24.1 Å². The minimum Gasteiger partial charge on any atom is -0.462 e. The lowest BCUT2D eigenvalue weighted by atomic mass is 9.99. The van der Waals surface area contributed by atoms with Crippen LogP contribution in [0.5, 0.6) is 0 Å². The van der Waals surface area contributed by atoms with Crippen molar-refractivity contribution in [1.29, 1.82) is 5.26 Å². The third-order valence-electron chi connectivity index (χ3n) is 5.38. The Labute approximate surface area is 204 Å². The summed E-state index contributed by atoms with van der Waals surface area (Å²) in [6.07, 6.45) is -4.98. The molecule has 2 rings (SSSR count). The summed E-state index contributed by atoms with van der Waals surface area (Å²) in [5.74, 6) is -4.04. The number of alkyl halides is 4. The SMILES string of the molecule is CC(C)C(=O)OCC1(COC(=O)C(C)C)C(=O)N(c2ccc(C#N)c(C(F)(F)F)c2)C(=O)N1CCF. The number of benzene rings is 1. The molecule has 1 aliphatic rings. The van der Waals surface area contributed by atoms with Crippen molar-refractivity contribution in [2.45, 2.75) is 39.4 Å². The molecule has 1 fully saturated rings. The fraction of sp³-hybridized carbons (Fsp3) is 0.522. The van der Waals surface area contributed by atoms with Crippen LogP contribution in [0.25, 0.3) is 0 Å². The van der Waals surface area contributed by atoms with Crippen molar-refractivity contribution in [1.82, 2.24) is 4.90 Å². The highest BCUT2D eigenvalue weighted by Crippen LogP contribution is 2.38. The van der Waals surface area contributed by atoms with E-state index in [2.05, 4.69) is 0 Å². The second-order valence-electron chi connectivity index (χ2n) is 8.66. The van der Waals surface area contributed by atoms with Crippen molar-refractivity contribution < 1.29 is 46.2 Å². The molecule has 0 radical (unpaired) electrons. The molecule has 0 unspecified atom stereocenters. The van der Waals surface area contributed by atoms with E-state index >= 15 is 0 Å². The van der Waals surface area contributed by atoms with Gasteiger partial charge in [-0.25, -0.2) is 14.1 Å². The number of rotatable bonds is 9. The van der Waals surface area contributed by atoms with Gasteiger partial charge in [-0.1, -0.05) is 27.7 Å². The van der Waals surface area contributed by atoms with Gasteiger partial charge in [0.05, 0.1) is 41.3 Å². The maximum atomic E-state index is 13.6. The molecule has 0 spiro atoms. The monoisotopic (exact) mass is 515 g/mol. The van der Waals surface area contributed by atoms with Crippen LogP contribution in [0.2, 0.25) is 0 Å². The lowest BCUT2D eigenvalue weighted by molar-refractivity contribution is -0.160.